The molecule has 0 aliphatic heterocycles. The first-order chi connectivity index (χ1) is 11.6. The Morgan fingerprint density at radius 1 is 1.08 bits per heavy atom. The molecule has 2 rings (SSSR count). The van der Waals surface area contributed by atoms with E-state index >= 15 is 0 Å². The van der Waals surface area contributed by atoms with Gasteiger partial charge in [-0.05, 0) is 42.6 Å². The maximum absolute atomic E-state index is 12.0. The fourth-order valence-corrected chi connectivity index (χ4v) is 2.06. The summed E-state index contributed by atoms with van der Waals surface area (Å²) in [5.41, 5.74) is 7.00. The zero-order valence-electron chi connectivity index (χ0n) is 12.6. The average Bonchev–Trinajstić information content (AvgIpc) is 2.57. The third kappa shape index (κ3) is 5.49. The van der Waals surface area contributed by atoms with E-state index in [1.807, 2.05) is 30.3 Å². The van der Waals surface area contributed by atoms with Crippen LogP contribution in [0.3, 0.4) is 0 Å². The second kappa shape index (κ2) is 8.81. The molecule has 2 aromatic carbocycles. The number of carbonyl (C=O) groups excluding carboxylic acids is 1. The highest BCUT2D eigenvalue weighted by atomic mass is 35.5. The van der Waals surface area contributed by atoms with Crippen molar-refractivity contribution in [3.05, 3.63) is 71.4 Å². The minimum absolute atomic E-state index is 0.0128. The van der Waals surface area contributed by atoms with E-state index in [1.165, 1.54) is 12.3 Å². The number of anilines is 2. The predicted octanol–water partition coefficient (Wildman–Crippen LogP) is 3.59. The first-order valence-corrected chi connectivity index (χ1v) is 7.76. The number of rotatable bonds is 4. The lowest BCUT2D eigenvalue weighted by Crippen LogP contribution is -2.20. The molecule has 0 spiro atoms. The third-order valence-corrected chi connectivity index (χ3v) is 3.39. The van der Waals surface area contributed by atoms with Gasteiger partial charge in [-0.2, -0.15) is 0 Å². The number of thiocarbonyl (C=S) groups is 1. The number of nitrogens with one attached hydrogen (secondary N) is 2. The van der Waals surface area contributed by atoms with E-state index in [1.54, 1.807) is 24.3 Å². The van der Waals surface area contributed by atoms with Gasteiger partial charge in [0.25, 0.3) is 5.91 Å². The minimum Gasteiger partial charge on any atom is -0.394 e. The predicted molar refractivity (Wildman–Crippen MR) is 104 cm³/mol. The Balaban J connectivity index is 1.91. The van der Waals surface area contributed by atoms with Crippen LogP contribution >= 0.6 is 23.8 Å². The number of nitrogens with two attached hydrogens (primary N) is 1. The Hall–Kier alpha value is -2.70. The number of para-hydroxylation sites is 2. The van der Waals surface area contributed by atoms with Crippen LogP contribution in [0, 0.1) is 0 Å². The van der Waals surface area contributed by atoms with Gasteiger partial charge in [0.2, 0.25) is 0 Å². The molecular formula is C17H15ClN4OS. The molecule has 1 amide bonds. The van der Waals surface area contributed by atoms with Gasteiger partial charge >= 0.3 is 0 Å². The molecule has 0 aliphatic carbocycles. The number of hydrogen-bond acceptors (Lipinski definition) is 3. The summed E-state index contributed by atoms with van der Waals surface area (Å²) < 4.78 is 0. The summed E-state index contributed by atoms with van der Waals surface area (Å²) >= 11 is 11.0. The molecule has 0 radical (unpaired) electrons. The zero-order chi connectivity index (χ0) is 17.4. The van der Waals surface area contributed by atoms with Crippen LogP contribution in [0.25, 0.3) is 0 Å². The summed E-state index contributed by atoms with van der Waals surface area (Å²) in [6.45, 7) is 0. The smallest absolute Gasteiger partial charge is 0.271 e. The first kappa shape index (κ1) is 17.7. The molecule has 0 aromatic heterocycles. The van der Waals surface area contributed by atoms with Crippen molar-refractivity contribution in [3.63, 3.8) is 0 Å². The van der Waals surface area contributed by atoms with E-state index < -0.39 is 5.91 Å². The summed E-state index contributed by atoms with van der Waals surface area (Å²) in [6, 6.07) is 16.3. The topological polar surface area (TPSA) is 79.5 Å². The van der Waals surface area contributed by atoms with Gasteiger partial charge in [0.1, 0.15) is 0 Å². The van der Waals surface area contributed by atoms with Gasteiger partial charge in [-0.15, -0.1) is 0 Å². The maximum Gasteiger partial charge on any atom is 0.271 e. The standard InChI is InChI=1S/C17H15ClN4OS/c18-13-8-4-5-9-15(13)22-16(23)14(19)10-11-20-17(24)21-12-6-2-1-3-7-12/h1-11H,19H2,(H,21,24)(H,22,23). The van der Waals surface area contributed by atoms with Gasteiger partial charge in [0.05, 0.1) is 16.4 Å². The molecule has 0 aliphatic rings. The minimum atomic E-state index is -0.475. The lowest BCUT2D eigenvalue weighted by Gasteiger charge is -2.06. The third-order valence-electron chi connectivity index (χ3n) is 2.86. The van der Waals surface area contributed by atoms with Crippen LogP contribution in [0.4, 0.5) is 11.4 Å². The highest BCUT2D eigenvalue weighted by Crippen LogP contribution is 2.20. The molecule has 0 heterocycles. The van der Waals surface area contributed by atoms with Crippen LogP contribution in [0.2, 0.25) is 5.02 Å². The fraction of sp³-hybridized carbons (Fsp3) is 0. The number of benzene rings is 2. The van der Waals surface area contributed by atoms with Crippen LogP contribution in [-0.4, -0.2) is 17.2 Å². The molecule has 2 aromatic rings. The van der Waals surface area contributed by atoms with Gasteiger partial charge in [-0.3, -0.25) is 4.79 Å². The number of amides is 1. The van der Waals surface area contributed by atoms with Gasteiger partial charge in [-0.25, -0.2) is 4.99 Å². The summed E-state index contributed by atoms with van der Waals surface area (Å²) in [6.07, 6.45) is 2.73. The van der Waals surface area contributed by atoms with Crippen LogP contribution < -0.4 is 16.4 Å². The lowest BCUT2D eigenvalue weighted by molar-refractivity contribution is -0.112. The van der Waals surface area contributed by atoms with E-state index in [4.69, 9.17) is 29.6 Å². The Morgan fingerprint density at radius 2 is 1.75 bits per heavy atom. The number of aliphatic imine (C=N–C) groups is 1. The van der Waals surface area contributed by atoms with Crippen molar-refractivity contribution in [2.45, 2.75) is 0 Å². The average molecular weight is 359 g/mol. The monoisotopic (exact) mass is 358 g/mol. The molecule has 0 fully saturated rings. The van der Waals surface area contributed by atoms with Crippen molar-refractivity contribution in [1.82, 2.24) is 0 Å². The quantitative estimate of drug-likeness (QED) is 0.443. The highest BCUT2D eigenvalue weighted by Gasteiger charge is 2.07. The first-order valence-electron chi connectivity index (χ1n) is 6.98. The summed E-state index contributed by atoms with van der Waals surface area (Å²) in [5.74, 6) is -0.475. The lowest BCUT2D eigenvalue weighted by atomic mass is 10.3. The normalized spacial score (nSPS) is 11.3. The van der Waals surface area contributed by atoms with Crippen molar-refractivity contribution in [1.29, 1.82) is 0 Å². The van der Waals surface area contributed by atoms with Crippen molar-refractivity contribution in [2.24, 2.45) is 10.7 Å². The molecule has 7 heteroatoms. The summed E-state index contributed by atoms with van der Waals surface area (Å²) in [5, 5.41) is 6.24. The molecule has 122 valence electrons. The molecular weight excluding hydrogens is 344 g/mol. The van der Waals surface area contributed by atoms with Crippen LogP contribution in [-0.2, 0) is 4.79 Å². The summed E-state index contributed by atoms with van der Waals surface area (Å²) in [4.78, 5) is 16.0. The van der Waals surface area contributed by atoms with Crippen LogP contribution in [0.15, 0.2) is 71.4 Å². The molecule has 0 atom stereocenters. The highest BCUT2D eigenvalue weighted by molar-refractivity contribution is 7.80. The second-order valence-corrected chi connectivity index (χ2v) is 5.42. The second-order valence-electron chi connectivity index (χ2n) is 4.63. The number of hydrogen-bond donors (Lipinski definition) is 3. The largest absolute Gasteiger partial charge is 0.394 e. The van der Waals surface area contributed by atoms with Gasteiger partial charge < -0.3 is 16.4 Å². The van der Waals surface area contributed by atoms with Crippen molar-refractivity contribution < 1.29 is 4.79 Å². The Bertz CT molecular complexity index is 790. The Kier molecular flexibility index (Phi) is 6.48. The molecule has 0 unspecified atom stereocenters. The Morgan fingerprint density at radius 3 is 2.46 bits per heavy atom. The van der Waals surface area contributed by atoms with E-state index in [-0.39, 0.29) is 10.8 Å². The van der Waals surface area contributed by atoms with Crippen molar-refractivity contribution >= 4 is 52.4 Å². The van der Waals surface area contributed by atoms with E-state index in [0.717, 1.165) is 5.69 Å². The molecule has 24 heavy (non-hydrogen) atoms. The van der Waals surface area contributed by atoms with Gasteiger partial charge in [-0.1, -0.05) is 41.9 Å². The summed E-state index contributed by atoms with van der Waals surface area (Å²) in [7, 11) is 0. The van der Waals surface area contributed by atoms with E-state index in [0.29, 0.717) is 10.7 Å². The number of carbonyl (C=O) groups is 1. The maximum atomic E-state index is 12.0. The van der Waals surface area contributed by atoms with Crippen molar-refractivity contribution in [3.8, 4) is 0 Å². The van der Waals surface area contributed by atoms with E-state index in [2.05, 4.69) is 15.6 Å². The molecule has 0 saturated carbocycles. The molecule has 5 nitrogen and oxygen atoms in total. The SMILES string of the molecule is NC(=CC=NC(=S)Nc1ccccc1)C(=O)Nc1ccccc1Cl. The van der Waals surface area contributed by atoms with E-state index in [9.17, 15) is 4.79 Å². The molecule has 0 saturated heterocycles. The fourth-order valence-electron chi connectivity index (χ4n) is 1.70. The van der Waals surface area contributed by atoms with Crippen LogP contribution in [0.5, 0.6) is 0 Å². The van der Waals surface area contributed by atoms with Crippen molar-refractivity contribution in [2.75, 3.05) is 10.6 Å². The van der Waals surface area contributed by atoms with Gasteiger partial charge in [0, 0.05) is 11.9 Å². The van der Waals surface area contributed by atoms with Gasteiger partial charge in [0.15, 0.2) is 5.11 Å². The molecule has 0 bridgehead atoms. The Labute approximate surface area is 150 Å². The zero-order valence-corrected chi connectivity index (χ0v) is 14.1. The number of halogens is 1. The number of allylic oxidation sites excluding steroid dienone is 1. The molecule has 4 N–H and O–H groups in total. The number of nitrogens with zero attached hydrogens (tertiary/aromatic N) is 1. The van der Waals surface area contributed by atoms with Crippen LogP contribution in [0.1, 0.15) is 0 Å².